The Bertz CT molecular complexity index is 616. The van der Waals surface area contributed by atoms with Gasteiger partial charge in [-0.3, -0.25) is 0 Å². The van der Waals surface area contributed by atoms with Crippen LogP contribution in [-0.4, -0.2) is 15.2 Å². The van der Waals surface area contributed by atoms with E-state index in [4.69, 9.17) is 4.74 Å². The lowest BCUT2D eigenvalue weighted by Gasteiger charge is -2.18. The van der Waals surface area contributed by atoms with Crippen LogP contribution < -0.4 is 10.1 Å². The first-order valence-corrected chi connectivity index (χ1v) is 7.02. The highest BCUT2D eigenvalue weighted by Gasteiger charge is 2.31. The zero-order chi connectivity index (χ0) is 14.2. The van der Waals surface area contributed by atoms with Crippen molar-refractivity contribution in [1.29, 1.82) is 0 Å². The van der Waals surface area contributed by atoms with Crippen molar-refractivity contribution in [3.05, 3.63) is 47.5 Å². The fraction of sp³-hybridized carbons (Fsp3) is 0.438. The Morgan fingerprint density at radius 2 is 2.20 bits per heavy atom. The van der Waals surface area contributed by atoms with Gasteiger partial charge in [-0.15, -0.1) is 0 Å². The van der Waals surface area contributed by atoms with Gasteiger partial charge in [0.15, 0.2) is 0 Å². The smallest absolute Gasteiger partial charge is 0.127 e. The summed E-state index contributed by atoms with van der Waals surface area (Å²) in [6.45, 7) is 5.83. The van der Waals surface area contributed by atoms with Crippen LogP contribution in [0.25, 0.3) is 0 Å². The molecule has 0 atom stereocenters. The van der Waals surface area contributed by atoms with Gasteiger partial charge >= 0.3 is 0 Å². The van der Waals surface area contributed by atoms with Gasteiger partial charge in [-0.25, -0.2) is 4.98 Å². The minimum Gasteiger partial charge on any atom is -0.487 e. The summed E-state index contributed by atoms with van der Waals surface area (Å²) in [6.07, 6.45) is 4.77. The summed E-state index contributed by atoms with van der Waals surface area (Å²) in [5.41, 5.74) is 2.45. The van der Waals surface area contributed by atoms with Gasteiger partial charge in [0.1, 0.15) is 17.2 Å². The third-order valence-electron chi connectivity index (χ3n) is 3.69. The maximum atomic E-state index is 6.08. The fourth-order valence-electron chi connectivity index (χ4n) is 2.69. The summed E-state index contributed by atoms with van der Waals surface area (Å²) in [5, 5.41) is 3.44. The Hall–Kier alpha value is -1.81. The summed E-state index contributed by atoms with van der Waals surface area (Å²) < 4.78 is 8.11. The monoisotopic (exact) mass is 271 g/mol. The molecule has 106 valence electrons. The number of nitrogens with one attached hydrogen (secondary N) is 1. The second-order valence-electron chi connectivity index (χ2n) is 6.00. The van der Waals surface area contributed by atoms with Gasteiger partial charge in [0.05, 0.1) is 6.54 Å². The first kappa shape index (κ1) is 13.2. The number of fused-ring (bicyclic) bond motifs is 1. The fourth-order valence-corrected chi connectivity index (χ4v) is 2.69. The van der Waals surface area contributed by atoms with Crippen molar-refractivity contribution in [3.63, 3.8) is 0 Å². The quantitative estimate of drug-likeness (QED) is 0.928. The zero-order valence-electron chi connectivity index (χ0n) is 12.3. The third-order valence-corrected chi connectivity index (χ3v) is 3.69. The van der Waals surface area contributed by atoms with E-state index in [-0.39, 0.29) is 5.60 Å². The lowest BCUT2D eigenvalue weighted by molar-refractivity contribution is 0.137. The molecule has 0 spiro atoms. The average Bonchev–Trinajstić information content (AvgIpc) is 2.92. The number of para-hydroxylation sites is 1. The predicted molar refractivity (Wildman–Crippen MR) is 78.6 cm³/mol. The molecule has 0 radical (unpaired) electrons. The number of nitrogens with zero attached hydrogens (tertiary/aromatic N) is 2. The molecule has 0 unspecified atom stereocenters. The van der Waals surface area contributed by atoms with E-state index in [1.165, 1.54) is 11.1 Å². The number of hydrogen-bond acceptors (Lipinski definition) is 3. The van der Waals surface area contributed by atoms with Crippen LogP contribution in [0, 0.1) is 0 Å². The van der Waals surface area contributed by atoms with Crippen molar-refractivity contribution in [1.82, 2.24) is 14.9 Å². The van der Waals surface area contributed by atoms with E-state index in [0.717, 1.165) is 31.1 Å². The molecular formula is C16H21N3O. The van der Waals surface area contributed by atoms with Crippen LogP contribution in [0.5, 0.6) is 5.75 Å². The van der Waals surface area contributed by atoms with Crippen molar-refractivity contribution in [3.8, 4) is 5.75 Å². The van der Waals surface area contributed by atoms with Crippen LogP contribution in [0.2, 0.25) is 0 Å². The molecule has 4 heteroatoms. The van der Waals surface area contributed by atoms with Crippen molar-refractivity contribution in [2.24, 2.45) is 7.05 Å². The molecular weight excluding hydrogens is 250 g/mol. The predicted octanol–water partition coefficient (Wildman–Crippen LogP) is 2.42. The van der Waals surface area contributed by atoms with Crippen LogP contribution in [0.4, 0.5) is 0 Å². The molecule has 20 heavy (non-hydrogen) atoms. The van der Waals surface area contributed by atoms with Gasteiger partial charge in [0.25, 0.3) is 0 Å². The molecule has 0 saturated carbocycles. The first-order chi connectivity index (χ1) is 9.55. The molecule has 0 aliphatic carbocycles. The minimum atomic E-state index is -0.0852. The SMILES string of the molecule is Cn1ccnc1CNCc1cccc2c1OC(C)(C)C2. The molecule has 1 aliphatic rings. The van der Waals surface area contributed by atoms with E-state index in [1.54, 1.807) is 0 Å². The van der Waals surface area contributed by atoms with E-state index in [1.807, 2.05) is 24.0 Å². The molecule has 1 aliphatic heterocycles. The van der Waals surface area contributed by atoms with Crippen LogP contribution >= 0.6 is 0 Å². The number of aromatic nitrogens is 2. The van der Waals surface area contributed by atoms with Crippen LogP contribution in [0.15, 0.2) is 30.6 Å². The van der Waals surface area contributed by atoms with Gasteiger partial charge < -0.3 is 14.6 Å². The summed E-state index contributed by atoms with van der Waals surface area (Å²) in [6, 6.07) is 6.40. The number of ether oxygens (including phenoxy) is 1. The molecule has 1 aromatic heterocycles. The van der Waals surface area contributed by atoms with Crippen molar-refractivity contribution < 1.29 is 4.74 Å². The first-order valence-electron chi connectivity index (χ1n) is 7.02. The second kappa shape index (κ2) is 4.94. The van der Waals surface area contributed by atoms with E-state index in [2.05, 4.69) is 42.3 Å². The van der Waals surface area contributed by atoms with Gasteiger partial charge in [-0.2, -0.15) is 0 Å². The molecule has 4 nitrogen and oxygen atoms in total. The number of hydrogen-bond donors (Lipinski definition) is 1. The minimum absolute atomic E-state index is 0.0852. The highest BCUT2D eigenvalue weighted by molar-refractivity contribution is 5.45. The van der Waals surface area contributed by atoms with Crippen molar-refractivity contribution in [2.75, 3.05) is 0 Å². The zero-order valence-corrected chi connectivity index (χ0v) is 12.3. The topological polar surface area (TPSA) is 39.1 Å². The maximum Gasteiger partial charge on any atom is 0.127 e. The Labute approximate surface area is 119 Å². The molecule has 0 amide bonds. The van der Waals surface area contributed by atoms with Gasteiger partial charge in [-0.05, 0) is 19.4 Å². The van der Waals surface area contributed by atoms with E-state index in [0.29, 0.717) is 0 Å². The Morgan fingerprint density at radius 3 is 2.95 bits per heavy atom. The highest BCUT2D eigenvalue weighted by atomic mass is 16.5. The number of imidazole rings is 1. The second-order valence-corrected chi connectivity index (χ2v) is 6.00. The standard InChI is InChI=1S/C16H21N3O/c1-16(2)9-12-5-4-6-13(15(12)20-16)10-17-11-14-18-7-8-19(14)3/h4-8,17H,9-11H2,1-3H3. The van der Waals surface area contributed by atoms with Gasteiger partial charge in [-0.1, -0.05) is 18.2 Å². The lowest BCUT2D eigenvalue weighted by Crippen LogP contribution is -2.25. The summed E-state index contributed by atoms with van der Waals surface area (Å²) in [4.78, 5) is 4.31. The number of benzene rings is 1. The average molecular weight is 271 g/mol. The molecule has 0 saturated heterocycles. The molecule has 1 N–H and O–H groups in total. The third kappa shape index (κ3) is 2.56. The van der Waals surface area contributed by atoms with Crippen LogP contribution in [0.3, 0.4) is 0 Å². The van der Waals surface area contributed by atoms with Crippen LogP contribution in [0.1, 0.15) is 30.8 Å². The largest absolute Gasteiger partial charge is 0.487 e. The highest BCUT2D eigenvalue weighted by Crippen LogP contribution is 2.37. The number of rotatable bonds is 4. The molecule has 3 rings (SSSR count). The Balaban J connectivity index is 1.68. The van der Waals surface area contributed by atoms with E-state index in [9.17, 15) is 0 Å². The maximum absolute atomic E-state index is 6.08. The Kier molecular flexibility index (Phi) is 3.26. The summed E-state index contributed by atoms with van der Waals surface area (Å²) in [7, 11) is 2.01. The lowest BCUT2D eigenvalue weighted by atomic mass is 10.0. The normalized spacial score (nSPS) is 15.9. The van der Waals surface area contributed by atoms with Crippen molar-refractivity contribution >= 4 is 0 Å². The van der Waals surface area contributed by atoms with Crippen LogP contribution in [-0.2, 0) is 26.6 Å². The summed E-state index contributed by atoms with van der Waals surface area (Å²) >= 11 is 0. The molecule has 0 bridgehead atoms. The summed E-state index contributed by atoms with van der Waals surface area (Å²) in [5.74, 6) is 2.10. The molecule has 1 aromatic carbocycles. The molecule has 2 heterocycles. The molecule has 2 aromatic rings. The Morgan fingerprint density at radius 1 is 1.35 bits per heavy atom. The molecule has 0 fully saturated rings. The number of aryl methyl sites for hydroxylation is 1. The van der Waals surface area contributed by atoms with Crippen molar-refractivity contribution in [2.45, 2.75) is 39.0 Å². The van der Waals surface area contributed by atoms with Gasteiger partial charge in [0, 0.05) is 38.0 Å². The van der Waals surface area contributed by atoms with E-state index >= 15 is 0 Å². The van der Waals surface area contributed by atoms with E-state index < -0.39 is 0 Å². The van der Waals surface area contributed by atoms with Gasteiger partial charge in [0.2, 0.25) is 0 Å².